The van der Waals surface area contributed by atoms with Gasteiger partial charge in [-0.05, 0) is 55.7 Å². The predicted octanol–water partition coefficient (Wildman–Crippen LogP) is 4.78. The number of carbonyl (C=O) groups is 1. The van der Waals surface area contributed by atoms with E-state index in [9.17, 15) is 9.59 Å². The zero-order valence-electron chi connectivity index (χ0n) is 18.1. The smallest absolute Gasteiger partial charge is 0.248 e. The van der Waals surface area contributed by atoms with Crippen LogP contribution in [0.3, 0.4) is 0 Å². The molecule has 1 amide bonds. The summed E-state index contributed by atoms with van der Waals surface area (Å²) >= 11 is 0. The maximum absolute atomic E-state index is 11.9. The second-order valence-corrected chi connectivity index (χ2v) is 8.26. The Morgan fingerprint density at radius 2 is 2.13 bits per heavy atom. The number of fused-ring (bicyclic) bond motifs is 4. The van der Waals surface area contributed by atoms with Gasteiger partial charge in [0.15, 0.2) is 0 Å². The second-order valence-electron chi connectivity index (χ2n) is 8.26. The Kier molecular flexibility index (Phi) is 5.59. The molecule has 2 bridgehead atoms. The molecular weight excluding hydrogens is 386 g/mol. The zero-order chi connectivity index (χ0) is 22.0. The minimum atomic E-state index is -0.488. The molecule has 2 aliphatic rings. The number of pyridine rings is 1. The van der Waals surface area contributed by atoms with E-state index < -0.39 is 5.54 Å². The third-order valence-electron chi connectivity index (χ3n) is 5.96. The highest BCUT2D eigenvalue weighted by molar-refractivity contribution is 5.89. The summed E-state index contributed by atoms with van der Waals surface area (Å²) in [5, 5.41) is 2.80. The third kappa shape index (κ3) is 4.08. The molecule has 5 nitrogen and oxygen atoms in total. The van der Waals surface area contributed by atoms with Crippen LogP contribution in [0.1, 0.15) is 44.0 Å². The zero-order valence-corrected chi connectivity index (χ0v) is 18.1. The first-order valence-corrected chi connectivity index (χ1v) is 10.6. The summed E-state index contributed by atoms with van der Waals surface area (Å²) in [5.41, 5.74) is 5.86. The van der Waals surface area contributed by atoms with Crippen molar-refractivity contribution in [3.8, 4) is 0 Å². The third-order valence-corrected chi connectivity index (χ3v) is 5.96. The van der Waals surface area contributed by atoms with Crippen molar-refractivity contribution in [2.75, 3.05) is 5.32 Å². The van der Waals surface area contributed by atoms with Gasteiger partial charge in [0, 0.05) is 48.5 Å². The van der Waals surface area contributed by atoms with E-state index in [4.69, 9.17) is 4.99 Å². The summed E-state index contributed by atoms with van der Waals surface area (Å²) in [5.74, 6) is 0.157. The van der Waals surface area contributed by atoms with Crippen molar-refractivity contribution in [3.05, 3.63) is 92.9 Å². The molecule has 0 aliphatic heterocycles. The first-order valence-electron chi connectivity index (χ1n) is 10.6. The van der Waals surface area contributed by atoms with Crippen LogP contribution in [0.4, 0.5) is 5.69 Å². The highest BCUT2D eigenvalue weighted by Crippen LogP contribution is 2.51. The number of nitrogens with zero attached hydrogens (tertiary/aromatic N) is 1. The van der Waals surface area contributed by atoms with E-state index in [0.29, 0.717) is 0 Å². The molecule has 4 rings (SSSR count). The van der Waals surface area contributed by atoms with Crippen LogP contribution < -0.4 is 10.9 Å². The number of carbonyl (C=O) groups excluding carboxylic acids is 1. The Labute approximate surface area is 182 Å². The van der Waals surface area contributed by atoms with Crippen LogP contribution in [0.2, 0.25) is 0 Å². The van der Waals surface area contributed by atoms with E-state index in [1.165, 1.54) is 18.1 Å². The molecule has 1 aromatic heterocycles. The van der Waals surface area contributed by atoms with Crippen molar-refractivity contribution in [1.82, 2.24) is 4.98 Å². The quantitative estimate of drug-likeness (QED) is 0.559. The van der Waals surface area contributed by atoms with Crippen LogP contribution in [0, 0.1) is 5.92 Å². The molecule has 2 aromatic rings. The van der Waals surface area contributed by atoms with Crippen molar-refractivity contribution in [2.45, 2.75) is 39.2 Å². The maximum atomic E-state index is 11.9. The summed E-state index contributed by atoms with van der Waals surface area (Å²) in [6.07, 6.45) is 11.8. The van der Waals surface area contributed by atoms with Gasteiger partial charge in [-0.15, -0.1) is 0 Å². The number of benzene rings is 1. The van der Waals surface area contributed by atoms with Gasteiger partial charge in [0.25, 0.3) is 0 Å². The number of allylic oxidation sites excluding steroid dienone is 3. The predicted molar refractivity (Wildman–Crippen MR) is 126 cm³/mol. The van der Waals surface area contributed by atoms with Crippen molar-refractivity contribution >= 4 is 23.9 Å². The maximum Gasteiger partial charge on any atom is 0.248 e. The fourth-order valence-electron chi connectivity index (χ4n) is 4.90. The van der Waals surface area contributed by atoms with Crippen LogP contribution in [0.15, 0.2) is 75.6 Å². The van der Waals surface area contributed by atoms with E-state index in [1.54, 1.807) is 6.07 Å². The summed E-state index contributed by atoms with van der Waals surface area (Å²) < 4.78 is 0. The Balaban J connectivity index is 1.69. The number of aliphatic imine (C=N–C) groups is 1. The van der Waals surface area contributed by atoms with E-state index in [-0.39, 0.29) is 17.4 Å². The van der Waals surface area contributed by atoms with Crippen molar-refractivity contribution in [2.24, 2.45) is 10.9 Å². The van der Waals surface area contributed by atoms with Gasteiger partial charge in [-0.3, -0.25) is 14.6 Å². The Bertz CT molecular complexity index is 1200. The average molecular weight is 414 g/mol. The Morgan fingerprint density at radius 3 is 2.90 bits per heavy atom. The van der Waals surface area contributed by atoms with Gasteiger partial charge >= 0.3 is 0 Å². The largest absolute Gasteiger partial charge is 0.326 e. The number of hydrogen-bond donors (Lipinski definition) is 2. The first kappa shape index (κ1) is 20.8. The topological polar surface area (TPSA) is 74.3 Å². The fourth-order valence-corrected chi connectivity index (χ4v) is 4.90. The molecule has 2 aliphatic carbocycles. The minimum Gasteiger partial charge on any atom is -0.326 e. The number of anilines is 1. The van der Waals surface area contributed by atoms with Crippen molar-refractivity contribution in [1.29, 1.82) is 0 Å². The molecule has 158 valence electrons. The fraction of sp³-hybridized carbons (Fsp3) is 0.269. The van der Waals surface area contributed by atoms with Gasteiger partial charge in [-0.25, -0.2) is 0 Å². The van der Waals surface area contributed by atoms with Crippen LogP contribution >= 0.6 is 0 Å². The van der Waals surface area contributed by atoms with Crippen LogP contribution in [-0.4, -0.2) is 17.1 Å². The van der Waals surface area contributed by atoms with Crippen LogP contribution in [0.5, 0.6) is 0 Å². The molecule has 2 N–H and O–H groups in total. The standard InChI is InChI=1S/C26H27N3O2/c1-4-22-20-13-17(2)16-26(22,23-10-11-25(31)29-24(23)15-20)27-12-6-8-19-7-5-9-21(14-19)28-18(3)30/h4-14,20H,15-16H2,1-3H3,(H,28,30)(H,29,31)/b8-6+,22-4+,27-12+/t20-,26+/m0/s1. The number of amides is 1. The molecule has 2 atom stereocenters. The lowest BCUT2D eigenvalue weighted by atomic mass is 9.63. The van der Waals surface area contributed by atoms with Gasteiger partial charge in [-0.2, -0.15) is 0 Å². The lowest BCUT2D eigenvalue weighted by Crippen LogP contribution is -2.40. The molecule has 31 heavy (non-hydrogen) atoms. The highest BCUT2D eigenvalue weighted by Gasteiger charge is 2.46. The minimum absolute atomic E-state index is 0.0699. The van der Waals surface area contributed by atoms with Crippen LogP contribution in [-0.2, 0) is 16.8 Å². The van der Waals surface area contributed by atoms with Crippen molar-refractivity contribution in [3.63, 3.8) is 0 Å². The summed E-state index contributed by atoms with van der Waals surface area (Å²) in [7, 11) is 0. The molecule has 5 heteroatoms. The molecule has 1 heterocycles. The summed E-state index contributed by atoms with van der Waals surface area (Å²) in [6.45, 7) is 5.72. The molecular formula is C26H27N3O2. The second kappa shape index (κ2) is 8.34. The first-order chi connectivity index (χ1) is 14.9. The molecule has 0 saturated carbocycles. The molecule has 0 fully saturated rings. The lowest BCUT2D eigenvalue weighted by molar-refractivity contribution is -0.114. The Morgan fingerprint density at radius 1 is 1.29 bits per heavy atom. The van der Waals surface area contributed by atoms with Gasteiger partial charge in [0.1, 0.15) is 5.54 Å². The van der Waals surface area contributed by atoms with Gasteiger partial charge in [0.2, 0.25) is 11.5 Å². The van der Waals surface area contributed by atoms with Gasteiger partial charge in [-0.1, -0.05) is 35.9 Å². The van der Waals surface area contributed by atoms with Crippen molar-refractivity contribution < 1.29 is 4.79 Å². The van der Waals surface area contributed by atoms with Gasteiger partial charge < -0.3 is 10.3 Å². The monoisotopic (exact) mass is 413 g/mol. The molecule has 0 radical (unpaired) electrons. The van der Waals surface area contributed by atoms with E-state index in [1.807, 2.05) is 48.7 Å². The Hall–Kier alpha value is -3.47. The van der Waals surface area contributed by atoms with E-state index in [0.717, 1.165) is 35.3 Å². The number of hydrogen-bond acceptors (Lipinski definition) is 3. The number of H-pyrrole nitrogens is 1. The highest BCUT2D eigenvalue weighted by atomic mass is 16.1. The molecule has 0 spiro atoms. The van der Waals surface area contributed by atoms with Crippen LogP contribution in [0.25, 0.3) is 6.08 Å². The van der Waals surface area contributed by atoms with Gasteiger partial charge in [0.05, 0.1) is 0 Å². The number of rotatable bonds is 4. The molecule has 0 unspecified atom stereocenters. The SMILES string of the molecule is C/C=C1\[C@H]2C=C(C)C[C@]1(/N=C/C=C/c1cccc(NC(C)=O)c1)c1ccc(=O)[nH]c1C2. The van der Waals surface area contributed by atoms with E-state index in [2.05, 4.69) is 36.3 Å². The normalized spacial score (nSPS) is 23.8. The molecule has 0 saturated heterocycles. The van der Waals surface area contributed by atoms with E-state index >= 15 is 0 Å². The number of aromatic nitrogens is 1. The average Bonchev–Trinajstić information content (AvgIpc) is 2.70. The summed E-state index contributed by atoms with van der Waals surface area (Å²) in [4.78, 5) is 31.3. The number of nitrogens with one attached hydrogen (secondary N) is 2. The molecule has 1 aromatic carbocycles. The summed E-state index contributed by atoms with van der Waals surface area (Å²) in [6, 6.07) is 11.2. The lowest BCUT2D eigenvalue weighted by Gasteiger charge is -2.45. The number of aromatic amines is 1.